The molecule has 1 heterocycles. The molecule has 2 rings (SSSR count). The third-order valence-corrected chi connectivity index (χ3v) is 3.52. The van der Waals surface area contributed by atoms with Gasteiger partial charge in [0.1, 0.15) is 0 Å². The lowest BCUT2D eigenvalue weighted by molar-refractivity contribution is 0.313. The van der Waals surface area contributed by atoms with E-state index in [-0.39, 0.29) is 0 Å². The third-order valence-electron chi connectivity index (χ3n) is 3.03. The third kappa shape index (κ3) is 2.50. The van der Waals surface area contributed by atoms with Crippen molar-refractivity contribution in [3.63, 3.8) is 0 Å². The van der Waals surface area contributed by atoms with Crippen LogP contribution in [0, 0.1) is 6.92 Å². The Labute approximate surface area is 94.5 Å². The van der Waals surface area contributed by atoms with Crippen LogP contribution in [0.25, 0.3) is 0 Å². The van der Waals surface area contributed by atoms with Crippen molar-refractivity contribution in [2.24, 2.45) is 0 Å². The SMILES string of the molecule is Cc1ccc(P)c(N2CCN(C)CC2)c1. The standard InChI is InChI=1S/C12H19N2P/c1-10-3-4-12(15)11(9-10)14-7-5-13(2)6-8-14/h3-4,9H,5-8,15H2,1-2H3. The largest absolute Gasteiger partial charge is 0.368 e. The molecule has 0 saturated carbocycles. The van der Waals surface area contributed by atoms with Gasteiger partial charge in [0, 0.05) is 31.9 Å². The number of hydrogen-bond acceptors (Lipinski definition) is 2. The molecule has 0 spiro atoms. The monoisotopic (exact) mass is 222 g/mol. The lowest BCUT2D eigenvalue weighted by atomic mass is 10.2. The number of likely N-dealkylation sites (N-methyl/N-ethyl adjacent to an activating group) is 1. The van der Waals surface area contributed by atoms with Crippen molar-refractivity contribution in [3.05, 3.63) is 23.8 Å². The number of anilines is 1. The van der Waals surface area contributed by atoms with E-state index < -0.39 is 0 Å². The molecule has 0 aliphatic carbocycles. The molecule has 1 unspecified atom stereocenters. The molecule has 0 aromatic heterocycles. The Morgan fingerprint density at radius 3 is 2.47 bits per heavy atom. The minimum Gasteiger partial charge on any atom is -0.368 e. The molecule has 15 heavy (non-hydrogen) atoms. The van der Waals surface area contributed by atoms with Crippen LogP contribution in [0.5, 0.6) is 0 Å². The van der Waals surface area contributed by atoms with E-state index in [9.17, 15) is 0 Å². The van der Waals surface area contributed by atoms with Gasteiger partial charge in [0.15, 0.2) is 0 Å². The molecular formula is C12H19N2P. The minimum absolute atomic E-state index is 1.14. The van der Waals surface area contributed by atoms with E-state index in [1.807, 2.05) is 0 Å². The molecule has 1 aliphatic heterocycles. The van der Waals surface area contributed by atoms with Crippen LogP contribution >= 0.6 is 9.24 Å². The van der Waals surface area contributed by atoms with E-state index in [0.717, 1.165) is 26.2 Å². The van der Waals surface area contributed by atoms with E-state index in [1.54, 1.807) is 0 Å². The van der Waals surface area contributed by atoms with Crippen molar-refractivity contribution < 1.29 is 0 Å². The molecule has 1 atom stereocenters. The van der Waals surface area contributed by atoms with E-state index in [0.29, 0.717) is 0 Å². The fourth-order valence-electron chi connectivity index (χ4n) is 1.97. The Morgan fingerprint density at radius 2 is 1.80 bits per heavy atom. The summed E-state index contributed by atoms with van der Waals surface area (Å²) < 4.78 is 0. The molecule has 0 N–H and O–H groups in total. The average molecular weight is 222 g/mol. The van der Waals surface area contributed by atoms with Gasteiger partial charge in [-0.2, -0.15) is 0 Å². The number of benzene rings is 1. The number of nitrogens with zero attached hydrogens (tertiary/aromatic N) is 2. The predicted octanol–water partition coefficient (Wildman–Crippen LogP) is 1.25. The van der Waals surface area contributed by atoms with Gasteiger partial charge in [0.25, 0.3) is 0 Å². The fourth-order valence-corrected chi connectivity index (χ4v) is 2.34. The Morgan fingerprint density at radius 1 is 1.13 bits per heavy atom. The molecular weight excluding hydrogens is 203 g/mol. The van der Waals surface area contributed by atoms with Gasteiger partial charge >= 0.3 is 0 Å². The Bertz CT molecular complexity index is 343. The Kier molecular flexibility index (Phi) is 3.28. The van der Waals surface area contributed by atoms with Crippen molar-refractivity contribution in [3.8, 4) is 0 Å². The van der Waals surface area contributed by atoms with Crippen LogP contribution in [0.3, 0.4) is 0 Å². The summed E-state index contributed by atoms with van der Waals surface area (Å²) >= 11 is 0. The average Bonchev–Trinajstić information content (AvgIpc) is 2.23. The first-order chi connectivity index (χ1) is 7.16. The number of piperazine rings is 1. The van der Waals surface area contributed by atoms with Gasteiger partial charge in [-0.1, -0.05) is 12.1 Å². The smallest absolute Gasteiger partial charge is 0.0442 e. The van der Waals surface area contributed by atoms with Crippen LogP contribution < -0.4 is 10.2 Å². The summed E-state index contributed by atoms with van der Waals surface area (Å²) in [5, 5.41) is 1.31. The summed E-state index contributed by atoms with van der Waals surface area (Å²) in [4.78, 5) is 4.87. The first-order valence-electron chi connectivity index (χ1n) is 5.46. The topological polar surface area (TPSA) is 6.48 Å². The van der Waals surface area contributed by atoms with Crippen molar-refractivity contribution >= 4 is 20.2 Å². The highest BCUT2D eigenvalue weighted by Gasteiger charge is 2.15. The summed E-state index contributed by atoms with van der Waals surface area (Å²) in [5.41, 5.74) is 2.73. The summed E-state index contributed by atoms with van der Waals surface area (Å²) in [6.07, 6.45) is 0. The fraction of sp³-hybridized carbons (Fsp3) is 0.500. The Hall–Kier alpha value is -0.590. The van der Waals surface area contributed by atoms with Crippen molar-refractivity contribution in [1.29, 1.82) is 0 Å². The molecule has 2 nitrogen and oxygen atoms in total. The molecule has 1 aromatic carbocycles. The van der Waals surface area contributed by atoms with Crippen LogP contribution in [0.4, 0.5) is 5.69 Å². The maximum Gasteiger partial charge on any atom is 0.0442 e. The van der Waals surface area contributed by atoms with Gasteiger partial charge in [0.2, 0.25) is 0 Å². The molecule has 1 saturated heterocycles. The van der Waals surface area contributed by atoms with E-state index in [1.165, 1.54) is 16.6 Å². The molecule has 1 aliphatic rings. The maximum atomic E-state index is 2.83. The summed E-state index contributed by atoms with van der Waals surface area (Å²) in [5.74, 6) is 0. The van der Waals surface area contributed by atoms with Gasteiger partial charge in [-0.15, -0.1) is 9.24 Å². The van der Waals surface area contributed by atoms with Gasteiger partial charge in [-0.05, 0) is 30.9 Å². The van der Waals surface area contributed by atoms with Crippen molar-refractivity contribution in [2.75, 3.05) is 38.1 Å². The van der Waals surface area contributed by atoms with Gasteiger partial charge in [-0.3, -0.25) is 0 Å². The predicted molar refractivity (Wildman–Crippen MR) is 70.2 cm³/mol. The normalized spacial score (nSPS) is 18.2. The van der Waals surface area contributed by atoms with E-state index in [2.05, 4.69) is 51.2 Å². The second-order valence-corrected chi connectivity index (χ2v) is 4.97. The number of hydrogen-bond donors (Lipinski definition) is 0. The molecule has 1 aromatic rings. The maximum absolute atomic E-state index is 2.83. The zero-order valence-corrected chi connectivity index (χ0v) is 10.7. The molecule has 0 radical (unpaired) electrons. The summed E-state index contributed by atoms with van der Waals surface area (Å²) in [7, 11) is 5.02. The second kappa shape index (κ2) is 4.51. The lowest BCUT2D eigenvalue weighted by Crippen LogP contribution is -2.45. The zero-order chi connectivity index (χ0) is 10.8. The first kappa shape index (κ1) is 10.9. The minimum atomic E-state index is 1.14. The first-order valence-corrected chi connectivity index (χ1v) is 6.04. The van der Waals surface area contributed by atoms with Crippen LogP contribution in [-0.4, -0.2) is 38.1 Å². The number of rotatable bonds is 1. The van der Waals surface area contributed by atoms with Gasteiger partial charge < -0.3 is 9.80 Å². The zero-order valence-electron chi connectivity index (χ0n) is 9.53. The highest BCUT2D eigenvalue weighted by molar-refractivity contribution is 7.28. The van der Waals surface area contributed by atoms with E-state index in [4.69, 9.17) is 0 Å². The van der Waals surface area contributed by atoms with Crippen LogP contribution in [0.15, 0.2) is 18.2 Å². The quantitative estimate of drug-likeness (QED) is 0.660. The van der Waals surface area contributed by atoms with Crippen LogP contribution in [0.1, 0.15) is 5.56 Å². The molecule has 1 fully saturated rings. The molecule has 3 heteroatoms. The summed E-state index contributed by atoms with van der Waals surface area (Å²) in [6.45, 7) is 6.77. The highest BCUT2D eigenvalue weighted by Crippen LogP contribution is 2.17. The number of aryl methyl sites for hydroxylation is 1. The van der Waals surface area contributed by atoms with Crippen LogP contribution in [0.2, 0.25) is 0 Å². The van der Waals surface area contributed by atoms with E-state index >= 15 is 0 Å². The van der Waals surface area contributed by atoms with Crippen LogP contribution in [-0.2, 0) is 0 Å². The van der Waals surface area contributed by atoms with Gasteiger partial charge in [0.05, 0.1) is 0 Å². The second-order valence-electron chi connectivity index (χ2n) is 4.35. The van der Waals surface area contributed by atoms with Crippen molar-refractivity contribution in [2.45, 2.75) is 6.92 Å². The Balaban J connectivity index is 2.18. The molecule has 0 amide bonds. The highest BCUT2D eigenvalue weighted by atomic mass is 31.0. The molecule has 82 valence electrons. The lowest BCUT2D eigenvalue weighted by Gasteiger charge is -2.35. The van der Waals surface area contributed by atoms with Crippen molar-refractivity contribution in [1.82, 2.24) is 4.90 Å². The molecule has 0 bridgehead atoms. The summed E-state index contributed by atoms with van der Waals surface area (Å²) in [6, 6.07) is 6.64. The van der Waals surface area contributed by atoms with Gasteiger partial charge in [-0.25, -0.2) is 0 Å².